The van der Waals surface area contributed by atoms with Crippen molar-refractivity contribution in [2.24, 2.45) is 0 Å². The number of hydrogen-bond donors (Lipinski definition) is 2. The van der Waals surface area contributed by atoms with E-state index in [2.05, 4.69) is 4.98 Å². The molecule has 0 saturated heterocycles. The predicted molar refractivity (Wildman–Crippen MR) is 49.9 cm³/mol. The van der Waals surface area contributed by atoms with Crippen LogP contribution in [-0.4, -0.2) is 16.1 Å². The highest BCUT2D eigenvalue weighted by Gasteiger charge is 2.39. The van der Waals surface area contributed by atoms with Gasteiger partial charge in [-0.3, -0.25) is 4.79 Å². The molecular weight excluding hydrogens is 263 g/mol. The second-order valence-electron chi connectivity index (χ2n) is 3.33. The highest BCUT2D eigenvalue weighted by atomic mass is 19.4. The third-order valence-electron chi connectivity index (χ3n) is 1.98. The highest BCUT2D eigenvalue weighted by molar-refractivity contribution is 5.70. The van der Waals surface area contributed by atoms with Gasteiger partial charge in [0.15, 0.2) is 0 Å². The SMILES string of the molecule is Nc1nc(CC(=O)O)cc(C(F)F)c1C(F)(F)F. The molecule has 0 aliphatic heterocycles. The maximum absolute atomic E-state index is 12.5. The van der Waals surface area contributed by atoms with Gasteiger partial charge in [0.1, 0.15) is 11.4 Å². The normalized spacial score (nSPS) is 11.9. The number of anilines is 1. The summed E-state index contributed by atoms with van der Waals surface area (Å²) in [7, 11) is 0. The minimum atomic E-state index is -5.08. The zero-order chi connectivity index (χ0) is 14.1. The molecular formula is C9H7F5N2O2. The minimum Gasteiger partial charge on any atom is -0.481 e. The molecule has 0 fully saturated rings. The molecule has 3 N–H and O–H groups in total. The highest BCUT2D eigenvalue weighted by Crippen LogP contribution is 2.39. The lowest BCUT2D eigenvalue weighted by atomic mass is 10.1. The van der Waals surface area contributed by atoms with Crippen LogP contribution in [0.25, 0.3) is 0 Å². The van der Waals surface area contributed by atoms with Gasteiger partial charge in [-0.05, 0) is 6.07 Å². The summed E-state index contributed by atoms with van der Waals surface area (Å²) in [6.07, 6.45) is -9.30. The summed E-state index contributed by atoms with van der Waals surface area (Å²) in [5.41, 5.74) is 1.41. The van der Waals surface area contributed by atoms with Crippen molar-refractivity contribution >= 4 is 11.8 Å². The molecule has 100 valence electrons. The molecule has 0 amide bonds. The Morgan fingerprint density at radius 2 is 2.00 bits per heavy atom. The Morgan fingerprint density at radius 1 is 1.44 bits per heavy atom. The number of nitrogens with two attached hydrogens (primary N) is 1. The molecule has 0 saturated carbocycles. The molecule has 9 heteroatoms. The number of nitrogen functional groups attached to an aromatic ring is 1. The largest absolute Gasteiger partial charge is 0.481 e. The first kappa shape index (κ1) is 14.1. The van der Waals surface area contributed by atoms with Gasteiger partial charge in [-0.2, -0.15) is 13.2 Å². The summed E-state index contributed by atoms with van der Waals surface area (Å²) in [5.74, 6) is -2.57. The van der Waals surface area contributed by atoms with Crippen molar-refractivity contribution in [2.75, 3.05) is 5.73 Å². The van der Waals surface area contributed by atoms with Crippen LogP contribution in [0.15, 0.2) is 6.07 Å². The molecule has 0 aromatic carbocycles. The zero-order valence-electron chi connectivity index (χ0n) is 8.63. The summed E-state index contributed by atoms with van der Waals surface area (Å²) < 4.78 is 62.5. The van der Waals surface area contributed by atoms with Gasteiger partial charge >= 0.3 is 12.1 Å². The van der Waals surface area contributed by atoms with Crippen LogP contribution in [-0.2, 0) is 17.4 Å². The van der Waals surface area contributed by atoms with Gasteiger partial charge in [-0.15, -0.1) is 0 Å². The van der Waals surface area contributed by atoms with E-state index in [9.17, 15) is 26.7 Å². The van der Waals surface area contributed by atoms with E-state index in [1.165, 1.54) is 0 Å². The molecule has 0 radical (unpaired) electrons. The number of hydrogen-bond acceptors (Lipinski definition) is 3. The summed E-state index contributed by atoms with van der Waals surface area (Å²) in [5, 5.41) is 8.43. The molecule has 0 atom stereocenters. The van der Waals surface area contributed by atoms with Crippen LogP contribution >= 0.6 is 0 Å². The van der Waals surface area contributed by atoms with Crippen molar-refractivity contribution in [2.45, 2.75) is 19.0 Å². The Balaban J connectivity index is 3.41. The van der Waals surface area contributed by atoms with E-state index in [4.69, 9.17) is 10.8 Å². The quantitative estimate of drug-likeness (QED) is 0.826. The Hall–Kier alpha value is -1.93. The molecule has 1 aromatic rings. The first-order chi connectivity index (χ1) is 8.12. The van der Waals surface area contributed by atoms with Gasteiger partial charge < -0.3 is 10.8 Å². The number of rotatable bonds is 3. The number of alkyl halides is 5. The standard InChI is InChI=1S/C9H7F5N2O2/c10-7(11)4-1-3(2-5(17)18)16-8(15)6(4)9(12,13)14/h1,7H,2H2,(H2,15,16)(H,17,18). The first-order valence-corrected chi connectivity index (χ1v) is 4.49. The van der Waals surface area contributed by atoms with Crippen molar-refractivity contribution in [3.05, 3.63) is 22.9 Å². The molecule has 0 aliphatic rings. The fraction of sp³-hybridized carbons (Fsp3) is 0.333. The van der Waals surface area contributed by atoms with Crippen molar-refractivity contribution < 1.29 is 31.9 Å². The van der Waals surface area contributed by atoms with Crippen LogP contribution in [0.1, 0.15) is 23.2 Å². The number of carbonyl (C=O) groups is 1. The number of carboxylic acids is 1. The smallest absolute Gasteiger partial charge is 0.420 e. The van der Waals surface area contributed by atoms with Crippen molar-refractivity contribution in [1.29, 1.82) is 0 Å². The molecule has 4 nitrogen and oxygen atoms in total. The number of carboxylic acid groups (broad SMARTS) is 1. The van der Waals surface area contributed by atoms with Crippen molar-refractivity contribution in [3.8, 4) is 0 Å². The van der Waals surface area contributed by atoms with E-state index >= 15 is 0 Å². The van der Waals surface area contributed by atoms with E-state index in [0.29, 0.717) is 6.07 Å². The molecule has 18 heavy (non-hydrogen) atoms. The Bertz CT molecular complexity index is 473. The lowest BCUT2D eigenvalue weighted by Gasteiger charge is -2.15. The molecule has 1 rings (SSSR count). The number of aliphatic carboxylic acids is 1. The molecule has 1 aromatic heterocycles. The second-order valence-corrected chi connectivity index (χ2v) is 3.33. The van der Waals surface area contributed by atoms with E-state index in [1.54, 1.807) is 0 Å². The monoisotopic (exact) mass is 270 g/mol. The average Bonchev–Trinajstić information content (AvgIpc) is 2.12. The van der Waals surface area contributed by atoms with Crippen LogP contribution in [0.4, 0.5) is 27.8 Å². The van der Waals surface area contributed by atoms with Gasteiger partial charge in [-0.1, -0.05) is 0 Å². The van der Waals surface area contributed by atoms with Crippen LogP contribution in [0, 0.1) is 0 Å². The fourth-order valence-electron chi connectivity index (χ4n) is 1.37. The minimum absolute atomic E-state index is 0.401. The third-order valence-corrected chi connectivity index (χ3v) is 1.98. The van der Waals surface area contributed by atoms with E-state index in [-0.39, 0.29) is 0 Å². The Labute approximate surface area is 97.2 Å². The van der Waals surface area contributed by atoms with E-state index in [0.717, 1.165) is 0 Å². The summed E-state index contributed by atoms with van der Waals surface area (Å²) >= 11 is 0. The number of nitrogens with zero attached hydrogens (tertiary/aromatic N) is 1. The molecule has 1 heterocycles. The second kappa shape index (κ2) is 4.75. The Kier molecular flexibility index (Phi) is 3.73. The topological polar surface area (TPSA) is 76.2 Å². The predicted octanol–water partition coefficient (Wildman–Crippen LogP) is 2.25. The maximum Gasteiger partial charge on any atom is 0.420 e. The molecule has 0 unspecified atom stereocenters. The van der Waals surface area contributed by atoms with Gasteiger partial charge in [-0.25, -0.2) is 13.8 Å². The Morgan fingerprint density at radius 3 is 2.39 bits per heavy atom. The van der Waals surface area contributed by atoms with Crippen molar-refractivity contribution in [1.82, 2.24) is 4.98 Å². The lowest BCUT2D eigenvalue weighted by molar-refractivity contribution is -0.139. The van der Waals surface area contributed by atoms with Gasteiger partial charge in [0, 0.05) is 5.56 Å². The number of pyridine rings is 1. The van der Waals surface area contributed by atoms with Gasteiger partial charge in [0.25, 0.3) is 6.43 Å². The first-order valence-electron chi connectivity index (χ1n) is 4.49. The number of aromatic nitrogens is 1. The summed E-state index contributed by atoms with van der Waals surface area (Å²) in [4.78, 5) is 13.5. The van der Waals surface area contributed by atoms with Crippen LogP contribution in [0.3, 0.4) is 0 Å². The fourth-order valence-corrected chi connectivity index (χ4v) is 1.37. The maximum atomic E-state index is 12.5. The molecule has 0 aliphatic carbocycles. The molecule has 0 spiro atoms. The van der Waals surface area contributed by atoms with Crippen LogP contribution in [0.5, 0.6) is 0 Å². The van der Waals surface area contributed by atoms with Crippen LogP contribution < -0.4 is 5.73 Å². The average molecular weight is 270 g/mol. The molecule has 0 bridgehead atoms. The van der Waals surface area contributed by atoms with E-state index < -0.39 is 47.6 Å². The summed E-state index contributed by atoms with van der Waals surface area (Å²) in [6, 6.07) is 0.401. The van der Waals surface area contributed by atoms with Gasteiger partial charge in [0.05, 0.1) is 12.1 Å². The van der Waals surface area contributed by atoms with Crippen molar-refractivity contribution in [3.63, 3.8) is 0 Å². The zero-order valence-corrected chi connectivity index (χ0v) is 8.63. The van der Waals surface area contributed by atoms with Crippen LogP contribution in [0.2, 0.25) is 0 Å². The van der Waals surface area contributed by atoms with E-state index in [1.807, 2.05) is 0 Å². The number of halogens is 5. The lowest BCUT2D eigenvalue weighted by Crippen LogP contribution is -2.16. The van der Waals surface area contributed by atoms with Gasteiger partial charge in [0.2, 0.25) is 0 Å². The summed E-state index contributed by atoms with van der Waals surface area (Å²) in [6.45, 7) is 0. The third kappa shape index (κ3) is 3.05.